The van der Waals surface area contributed by atoms with E-state index in [4.69, 9.17) is 12.2 Å². The van der Waals surface area contributed by atoms with E-state index in [9.17, 15) is 4.79 Å². The highest BCUT2D eigenvalue weighted by Gasteiger charge is 2.16. The first-order chi connectivity index (χ1) is 12.1. The molecule has 6 nitrogen and oxygen atoms in total. The Hall–Kier alpha value is -2.93. The van der Waals surface area contributed by atoms with Gasteiger partial charge >= 0.3 is 0 Å². The molecule has 3 rings (SSSR count). The third-order valence-electron chi connectivity index (χ3n) is 3.80. The number of hydrogen-bond acceptors (Lipinski definition) is 3. The molecular weight excluding hydrogens is 334 g/mol. The molecule has 1 amide bonds. The third-order valence-corrected chi connectivity index (χ3v) is 4.01. The van der Waals surface area contributed by atoms with Gasteiger partial charge in [-0.15, -0.1) is 0 Å². The summed E-state index contributed by atoms with van der Waals surface area (Å²) in [4.78, 5) is 16.9. The number of benzene rings is 1. The molecule has 0 bridgehead atoms. The van der Waals surface area contributed by atoms with E-state index >= 15 is 0 Å². The summed E-state index contributed by atoms with van der Waals surface area (Å²) in [5.41, 5.74) is 9.27. The number of anilines is 1. The molecular formula is C18H19N5OS. The molecule has 0 aliphatic heterocycles. The van der Waals surface area contributed by atoms with E-state index in [0.717, 1.165) is 17.8 Å². The lowest BCUT2D eigenvalue weighted by molar-refractivity contribution is 0.0937. The molecule has 3 N–H and O–H groups in total. The zero-order valence-corrected chi connectivity index (χ0v) is 14.9. The van der Waals surface area contributed by atoms with E-state index in [2.05, 4.69) is 34.1 Å². The number of hydrazine groups is 1. The molecule has 25 heavy (non-hydrogen) atoms. The van der Waals surface area contributed by atoms with E-state index in [1.807, 2.05) is 36.4 Å². The van der Waals surface area contributed by atoms with Crippen LogP contribution in [0.5, 0.6) is 0 Å². The number of hydrogen-bond donors (Lipinski definition) is 3. The molecule has 0 aliphatic rings. The van der Waals surface area contributed by atoms with Crippen LogP contribution in [0.4, 0.5) is 5.69 Å². The SMILES string of the molecule is CCc1cccc(NC(=S)NNC(=O)c2c(C)nc3ccccn23)c1. The fraction of sp³-hybridized carbons (Fsp3) is 0.167. The number of aryl methyl sites for hydroxylation is 2. The van der Waals surface area contributed by atoms with Crippen molar-refractivity contribution in [3.63, 3.8) is 0 Å². The van der Waals surface area contributed by atoms with Crippen molar-refractivity contribution >= 4 is 34.6 Å². The second-order valence-corrected chi connectivity index (χ2v) is 5.97. The first-order valence-electron chi connectivity index (χ1n) is 7.98. The number of amides is 1. The van der Waals surface area contributed by atoms with Gasteiger partial charge in [0.2, 0.25) is 0 Å². The van der Waals surface area contributed by atoms with Crippen molar-refractivity contribution in [1.29, 1.82) is 0 Å². The standard InChI is InChI=1S/C18H19N5OS/c1-3-13-7-6-8-14(11-13)20-18(25)22-21-17(24)16-12(2)19-15-9-4-5-10-23(15)16/h4-11H,3H2,1-2H3,(H,21,24)(H2,20,22,25). The Kier molecular flexibility index (Phi) is 4.95. The van der Waals surface area contributed by atoms with Gasteiger partial charge < -0.3 is 5.32 Å². The molecule has 0 atom stereocenters. The Morgan fingerprint density at radius 2 is 2.04 bits per heavy atom. The maximum Gasteiger partial charge on any atom is 0.288 e. The Morgan fingerprint density at radius 1 is 1.20 bits per heavy atom. The van der Waals surface area contributed by atoms with E-state index < -0.39 is 0 Å². The Balaban J connectivity index is 1.65. The lowest BCUT2D eigenvalue weighted by Crippen LogP contribution is -2.44. The van der Waals surface area contributed by atoms with Gasteiger partial charge in [0, 0.05) is 11.9 Å². The van der Waals surface area contributed by atoms with Crippen molar-refractivity contribution in [2.24, 2.45) is 0 Å². The average Bonchev–Trinajstić information content (AvgIpc) is 2.95. The van der Waals surface area contributed by atoms with E-state index in [0.29, 0.717) is 16.5 Å². The summed E-state index contributed by atoms with van der Waals surface area (Å²) in [6, 6.07) is 13.5. The highest BCUT2D eigenvalue weighted by Crippen LogP contribution is 2.12. The number of pyridine rings is 1. The van der Waals surface area contributed by atoms with Crippen molar-refractivity contribution in [3.8, 4) is 0 Å². The summed E-state index contributed by atoms with van der Waals surface area (Å²) in [5, 5.41) is 3.37. The van der Waals surface area contributed by atoms with Gasteiger partial charge in [-0.3, -0.25) is 20.0 Å². The second-order valence-electron chi connectivity index (χ2n) is 5.56. The molecule has 2 heterocycles. The normalized spacial score (nSPS) is 10.5. The highest BCUT2D eigenvalue weighted by molar-refractivity contribution is 7.80. The van der Waals surface area contributed by atoms with Gasteiger partial charge in [0.15, 0.2) is 5.11 Å². The largest absolute Gasteiger partial charge is 0.331 e. The van der Waals surface area contributed by atoms with Gasteiger partial charge in [-0.1, -0.05) is 25.1 Å². The Bertz CT molecular complexity index is 934. The Morgan fingerprint density at radius 3 is 2.84 bits per heavy atom. The van der Waals surface area contributed by atoms with Crippen LogP contribution in [0.3, 0.4) is 0 Å². The maximum absolute atomic E-state index is 12.5. The van der Waals surface area contributed by atoms with Gasteiger partial charge in [-0.05, 0) is 55.4 Å². The molecule has 0 fully saturated rings. The van der Waals surface area contributed by atoms with Crippen LogP contribution in [0, 0.1) is 6.92 Å². The quantitative estimate of drug-likeness (QED) is 0.499. The van der Waals surface area contributed by atoms with E-state index in [1.54, 1.807) is 17.5 Å². The van der Waals surface area contributed by atoms with Gasteiger partial charge in [0.05, 0.1) is 5.69 Å². The minimum absolute atomic E-state index is 0.303. The number of aromatic nitrogens is 2. The molecule has 0 unspecified atom stereocenters. The van der Waals surface area contributed by atoms with Crippen LogP contribution in [-0.4, -0.2) is 20.4 Å². The topological polar surface area (TPSA) is 70.5 Å². The number of imidazole rings is 1. The molecule has 0 saturated heterocycles. The van der Waals surface area contributed by atoms with Gasteiger partial charge in [-0.25, -0.2) is 4.98 Å². The number of fused-ring (bicyclic) bond motifs is 1. The molecule has 2 aromatic heterocycles. The average molecular weight is 353 g/mol. The lowest BCUT2D eigenvalue weighted by atomic mass is 10.1. The van der Waals surface area contributed by atoms with Crippen LogP contribution < -0.4 is 16.2 Å². The van der Waals surface area contributed by atoms with Crippen molar-refractivity contribution in [3.05, 3.63) is 65.6 Å². The first kappa shape index (κ1) is 16.9. The predicted octanol–water partition coefficient (Wildman–Crippen LogP) is 2.84. The monoisotopic (exact) mass is 353 g/mol. The second kappa shape index (κ2) is 7.31. The van der Waals surface area contributed by atoms with E-state index in [-0.39, 0.29) is 5.91 Å². The zero-order valence-electron chi connectivity index (χ0n) is 14.0. The summed E-state index contributed by atoms with van der Waals surface area (Å²) in [5.74, 6) is -0.303. The van der Waals surface area contributed by atoms with Crippen LogP contribution in [0.1, 0.15) is 28.7 Å². The molecule has 0 saturated carbocycles. The Labute approximate surface area is 151 Å². The van der Waals surface area contributed by atoms with Crippen molar-refractivity contribution in [1.82, 2.24) is 20.2 Å². The number of thiocarbonyl (C=S) groups is 1. The molecule has 1 aromatic carbocycles. The molecule has 0 aliphatic carbocycles. The summed E-state index contributed by atoms with van der Waals surface area (Å²) in [6.45, 7) is 3.89. The molecule has 128 valence electrons. The van der Waals surface area contributed by atoms with Crippen molar-refractivity contribution in [2.45, 2.75) is 20.3 Å². The maximum atomic E-state index is 12.5. The zero-order chi connectivity index (χ0) is 17.8. The van der Waals surface area contributed by atoms with Crippen LogP contribution in [0.25, 0.3) is 5.65 Å². The highest BCUT2D eigenvalue weighted by atomic mass is 32.1. The van der Waals surface area contributed by atoms with Gasteiger partial charge in [0.25, 0.3) is 5.91 Å². The fourth-order valence-corrected chi connectivity index (χ4v) is 2.76. The minimum Gasteiger partial charge on any atom is -0.331 e. The number of nitrogens with zero attached hydrogens (tertiary/aromatic N) is 2. The number of carbonyl (C=O) groups is 1. The first-order valence-corrected chi connectivity index (χ1v) is 8.39. The summed E-state index contributed by atoms with van der Waals surface area (Å²) < 4.78 is 1.74. The summed E-state index contributed by atoms with van der Waals surface area (Å²) >= 11 is 5.23. The number of rotatable bonds is 3. The lowest BCUT2D eigenvalue weighted by Gasteiger charge is -2.12. The minimum atomic E-state index is -0.303. The van der Waals surface area contributed by atoms with Crippen LogP contribution >= 0.6 is 12.2 Å². The van der Waals surface area contributed by atoms with Crippen LogP contribution in [0.2, 0.25) is 0 Å². The van der Waals surface area contributed by atoms with Crippen LogP contribution in [-0.2, 0) is 6.42 Å². The van der Waals surface area contributed by atoms with Gasteiger partial charge in [0.1, 0.15) is 11.3 Å². The number of carbonyl (C=O) groups excluding carboxylic acids is 1. The van der Waals surface area contributed by atoms with Crippen molar-refractivity contribution in [2.75, 3.05) is 5.32 Å². The summed E-state index contributed by atoms with van der Waals surface area (Å²) in [7, 11) is 0. The van der Waals surface area contributed by atoms with Crippen molar-refractivity contribution < 1.29 is 4.79 Å². The third kappa shape index (κ3) is 3.77. The fourth-order valence-electron chi connectivity index (χ4n) is 2.59. The summed E-state index contributed by atoms with van der Waals surface area (Å²) in [6.07, 6.45) is 2.75. The van der Waals surface area contributed by atoms with E-state index in [1.165, 1.54) is 5.56 Å². The molecule has 3 aromatic rings. The van der Waals surface area contributed by atoms with Crippen LogP contribution in [0.15, 0.2) is 48.7 Å². The number of nitrogens with one attached hydrogen (secondary N) is 3. The molecule has 0 radical (unpaired) electrons. The predicted molar refractivity (Wildman–Crippen MR) is 103 cm³/mol. The van der Waals surface area contributed by atoms with Gasteiger partial charge in [-0.2, -0.15) is 0 Å². The molecule has 0 spiro atoms. The molecule has 7 heteroatoms. The smallest absolute Gasteiger partial charge is 0.288 e.